The minimum Gasteiger partial charge on any atom is -0.370 e. The van der Waals surface area contributed by atoms with E-state index in [0.29, 0.717) is 31.2 Å². The Kier molecular flexibility index (Phi) is 7.77. The van der Waals surface area contributed by atoms with Gasteiger partial charge in [0.25, 0.3) is 5.91 Å². The Balaban J connectivity index is 1.60. The topological polar surface area (TPSA) is 36.0 Å². The van der Waals surface area contributed by atoms with Crippen LogP contribution in [0.1, 0.15) is 63.6 Å². The van der Waals surface area contributed by atoms with Gasteiger partial charge in [0.15, 0.2) is 0 Å². The first-order valence-electron chi connectivity index (χ1n) is 13.2. The van der Waals surface area contributed by atoms with Crippen molar-refractivity contribution in [2.45, 2.75) is 70.9 Å². The van der Waals surface area contributed by atoms with Gasteiger partial charge in [0.1, 0.15) is 11.9 Å². The fraction of sp³-hybridized carbons (Fsp3) is 0.567. The molecule has 36 heavy (non-hydrogen) atoms. The molecular weight excluding hydrogens is 453 g/mol. The molecule has 4 rings (SSSR count). The van der Waals surface area contributed by atoms with E-state index in [1.165, 1.54) is 5.56 Å². The molecule has 2 saturated heterocycles. The smallest absolute Gasteiger partial charge is 0.256 e. The van der Waals surface area contributed by atoms with Crippen molar-refractivity contribution in [3.63, 3.8) is 0 Å². The molecule has 6 heteroatoms. The van der Waals surface area contributed by atoms with Gasteiger partial charge in [-0.2, -0.15) is 0 Å². The number of amides is 1. The lowest BCUT2D eigenvalue weighted by Crippen LogP contribution is -2.49. The predicted molar refractivity (Wildman–Crippen MR) is 146 cm³/mol. The largest absolute Gasteiger partial charge is 0.370 e. The Morgan fingerprint density at radius 1 is 1.11 bits per heavy atom. The number of nitrogens with zero attached hydrogens (tertiary/aromatic N) is 3. The number of hydrogen-bond donors (Lipinski definition) is 0. The van der Waals surface area contributed by atoms with Gasteiger partial charge in [-0.3, -0.25) is 4.79 Å². The van der Waals surface area contributed by atoms with Crippen LogP contribution in [0.15, 0.2) is 36.4 Å². The fourth-order valence-electron chi connectivity index (χ4n) is 5.29. The zero-order valence-electron chi connectivity index (χ0n) is 23.0. The average Bonchev–Trinajstić information content (AvgIpc) is 3.31. The van der Waals surface area contributed by atoms with Crippen LogP contribution >= 0.6 is 0 Å². The van der Waals surface area contributed by atoms with Crippen molar-refractivity contribution in [2.75, 3.05) is 50.1 Å². The molecule has 196 valence electrons. The molecule has 2 unspecified atom stereocenters. The second-order valence-electron chi connectivity index (χ2n) is 11.9. The standard InChI is InChI=1S/C30H42FN3O2/c1-20(2)25-16-21(27(18-26(25)31)33-13-12-24(19-33)32(6)7)17-28-29(35)34(14-15-36-28)23-10-8-22(9-11-23)30(3,4)5/h8-11,16,18,20,24,28H,12-15,17,19H2,1-7H3. The Morgan fingerprint density at radius 2 is 1.81 bits per heavy atom. The highest BCUT2D eigenvalue weighted by Crippen LogP contribution is 2.33. The number of anilines is 2. The molecule has 2 aromatic rings. The van der Waals surface area contributed by atoms with Gasteiger partial charge in [-0.15, -0.1) is 0 Å². The number of benzene rings is 2. The lowest BCUT2D eigenvalue weighted by atomic mass is 9.87. The number of morpholine rings is 1. The molecule has 0 saturated carbocycles. The maximum Gasteiger partial charge on any atom is 0.256 e. The first kappa shape index (κ1) is 26.6. The summed E-state index contributed by atoms with van der Waals surface area (Å²) >= 11 is 0. The van der Waals surface area contributed by atoms with Crippen LogP contribution in [0.5, 0.6) is 0 Å². The Morgan fingerprint density at radius 3 is 2.39 bits per heavy atom. The number of rotatable bonds is 6. The number of carbonyl (C=O) groups is 1. The van der Waals surface area contributed by atoms with Crippen LogP contribution in [-0.4, -0.2) is 63.3 Å². The van der Waals surface area contributed by atoms with E-state index in [1.807, 2.05) is 36.9 Å². The van der Waals surface area contributed by atoms with Crippen molar-refractivity contribution in [2.24, 2.45) is 0 Å². The van der Waals surface area contributed by atoms with Crippen LogP contribution in [0.25, 0.3) is 0 Å². The Labute approximate surface area is 216 Å². The van der Waals surface area contributed by atoms with E-state index >= 15 is 4.39 Å². The summed E-state index contributed by atoms with van der Waals surface area (Å²) < 4.78 is 21.1. The van der Waals surface area contributed by atoms with Crippen molar-refractivity contribution >= 4 is 17.3 Å². The second kappa shape index (κ2) is 10.5. The number of likely N-dealkylation sites (N-methyl/N-ethyl adjacent to an activating group) is 1. The van der Waals surface area contributed by atoms with Crippen LogP contribution in [0.4, 0.5) is 15.8 Å². The van der Waals surface area contributed by atoms with Gasteiger partial charge >= 0.3 is 0 Å². The van der Waals surface area contributed by atoms with Gasteiger partial charge in [-0.1, -0.05) is 52.8 Å². The van der Waals surface area contributed by atoms with E-state index in [0.717, 1.165) is 36.4 Å². The minimum absolute atomic E-state index is 0.0290. The lowest BCUT2D eigenvalue weighted by Gasteiger charge is -2.34. The summed E-state index contributed by atoms with van der Waals surface area (Å²) in [5.41, 5.74) is 4.77. The van der Waals surface area contributed by atoms with Crippen molar-refractivity contribution in [1.82, 2.24) is 4.90 Å². The van der Waals surface area contributed by atoms with E-state index in [2.05, 4.69) is 56.8 Å². The molecule has 2 fully saturated rings. The SMILES string of the molecule is CC(C)c1cc(CC2OCCN(c3ccc(C(C)(C)C)cc3)C2=O)c(N2CCC(N(C)C)C2)cc1F. The molecule has 2 aliphatic heterocycles. The van der Waals surface area contributed by atoms with Crippen LogP contribution < -0.4 is 9.80 Å². The lowest BCUT2D eigenvalue weighted by molar-refractivity contribution is -0.133. The van der Waals surface area contributed by atoms with E-state index in [4.69, 9.17) is 4.74 Å². The van der Waals surface area contributed by atoms with Crippen molar-refractivity contribution in [1.29, 1.82) is 0 Å². The molecule has 5 nitrogen and oxygen atoms in total. The van der Waals surface area contributed by atoms with Crippen LogP contribution in [0.3, 0.4) is 0 Å². The summed E-state index contributed by atoms with van der Waals surface area (Å²) in [5.74, 6) is -0.140. The highest BCUT2D eigenvalue weighted by atomic mass is 19.1. The summed E-state index contributed by atoms with van der Waals surface area (Å²) in [6.45, 7) is 13.3. The van der Waals surface area contributed by atoms with Crippen LogP contribution in [0.2, 0.25) is 0 Å². The van der Waals surface area contributed by atoms with Gasteiger partial charge in [0, 0.05) is 43.5 Å². The van der Waals surface area contributed by atoms with Gasteiger partial charge in [0.05, 0.1) is 6.61 Å². The molecule has 1 amide bonds. The Hall–Kier alpha value is -2.44. The maximum atomic E-state index is 15.1. The summed E-state index contributed by atoms with van der Waals surface area (Å²) in [6, 6.07) is 12.4. The number of hydrogen-bond acceptors (Lipinski definition) is 4. The van der Waals surface area contributed by atoms with Gasteiger partial charge < -0.3 is 19.4 Å². The van der Waals surface area contributed by atoms with Crippen LogP contribution in [-0.2, 0) is 21.4 Å². The third kappa shape index (κ3) is 5.60. The van der Waals surface area contributed by atoms with Crippen molar-refractivity contribution in [3.8, 4) is 0 Å². The third-order valence-electron chi connectivity index (χ3n) is 7.68. The van der Waals surface area contributed by atoms with E-state index in [-0.39, 0.29) is 23.1 Å². The average molecular weight is 496 g/mol. The molecule has 0 spiro atoms. The highest BCUT2D eigenvalue weighted by Gasteiger charge is 2.33. The molecule has 2 atom stereocenters. The summed E-state index contributed by atoms with van der Waals surface area (Å²) in [5, 5.41) is 0. The predicted octanol–water partition coefficient (Wildman–Crippen LogP) is 5.36. The van der Waals surface area contributed by atoms with Gasteiger partial charge in [0.2, 0.25) is 0 Å². The number of halogens is 1. The zero-order valence-corrected chi connectivity index (χ0v) is 23.0. The first-order valence-corrected chi connectivity index (χ1v) is 13.2. The first-order chi connectivity index (χ1) is 17.0. The summed E-state index contributed by atoms with van der Waals surface area (Å²) in [6.07, 6.45) is 0.892. The molecule has 0 aliphatic carbocycles. The minimum atomic E-state index is -0.586. The Bertz CT molecular complexity index is 1070. The van der Waals surface area contributed by atoms with Crippen molar-refractivity contribution < 1.29 is 13.9 Å². The van der Waals surface area contributed by atoms with E-state index in [9.17, 15) is 4.79 Å². The monoisotopic (exact) mass is 495 g/mol. The third-order valence-corrected chi connectivity index (χ3v) is 7.68. The molecule has 0 radical (unpaired) electrons. The van der Waals surface area contributed by atoms with Gasteiger partial charge in [-0.05, 0) is 66.7 Å². The zero-order chi connectivity index (χ0) is 26.2. The number of ether oxygens (including phenoxy) is 1. The van der Waals surface area contributed by atoms with Crippen molar-refractivity contribution in [3.05, 3.63) is 58.9 Å². The van der Waals surface area contributed by atoms with Gasteiger partial charge in [-0.25, -0.2) is 4.39 Å². The molecule has 2 aromatic carbocycles. The molecule has 0 bridgehead atoms. The molecular formula is C30H42FN3O2. The van der Waals surface area contributed by atoms with E-state index < -0.39 is 6.10 Å². The fourth-order valence-corrected chi connectivity index (χ4v) is 5.29. The normalized spacial score (nSPS) is 21.2. The summed E-state index contributed by atoms with van der Waals surface area (Å²) in [4.78, 5) is 19.9. The molecule has 2 aliphatic rings. The molecule has 0 N–H and O–H groups in total. The molecule has 0 aromatic heterocycles. The highest BCUT2D eigenvalue weighted by molar-refractivity contribution is 5.97. The maximum absolute atomic E-state index is 15.1. The quantitative estimate of drug-likeness (QED) is 0.541. The second-order valence-corrected chi connectivity index (χ2v) is 11.9. The van der Waals surface area contributed by atoms with Crippen LogP contribution in [0, 0.1) is 5.82 Å². The van der Waals surface area contributed by atoms with E-state index in [1.54, 1.807) is 6.07 Å². The number of carbonyl (C=O) groups excluding carboxylic acids is 1. The molecule has 2 heterocycles. The summed E-state index contributed by atoms with van der Waals surface area (Å²) in [7, 11) is 4.18.